The quantitative estimate of drug-likeness (QED) is 0.755. The van der Waals surface area contributed by atoms with E-state index in [1.165, 1.54) is 20.5 Å². The van der Waals surface area contributed by atoms with Gasteiger partial charge in [0.25, 0.3) is 0 Å². The van der Waals surface area contributed by atoms with Crippen LogP contribution in [0.15, 0.2) is 24.3 Å². The summed E-state index contributed by atoms with van der Waals surface area (Å²) in [6, 6.07) is 8.21. The fourth-order valence-electron chi connectivity index (χ4n) is 1.82. The van der Waals surface area contributed by atoms with Crippen molar-refractivity contribution in [3.8, 4) is 9.75 Å². The summed E-state index contributed by atoms with van der Waals surface area (Å²) < 4.78 is 0. The van der Waals surface area contributed by atoms with Crippen LogP contribution in [0.1, 0.15) is 21.5 Å². The van der Waals surface area contributed by atoms with Crippen LogP contribution in [0, 0.1) is 31.6 Å². The van der Waals surface area contributed by atoms with Crippen molar-refractivity contribution in [1.29, 1.82) is 0 Å². The maximum Gasteiger partial charge on any atom is 0.169 e. The van der Waals surface area contributed by atoms with Gasteiger partial charge in [-0.3, -0.25) is 4.79 Å². The molecule has 0 saturated heterocycles. The number of hydrogen-bond acceptors (Lipinski definition) is 3. The van der Waals surface area contributed by atoms with Gasteiger partial charge in [0.2, 0.25) is 0 Å². The lowest BCUT2D eigenvalue weighted by Gasteiger charge is -2.02. The van der Waals surface area contributed by atoms with Crippen molar-refractivity contribution in [2.24, 2.45) is 0 Å². The monoisotopic (exact) mass is 271 g/mol. The van der Waals surface area contributed by atoms with Crippen molar-refractivity contribution in [3.05, 3.63) is 65.6 Å². The van der Waals surface area contributed by atoms with Crippen molar-refractivity contribution in [2.75, 3.05) is 0 Å². The van der Waals surface area contributed by atoms with Gasteiger partial charge in [0.1, 0.15) is 0 Å². The molecule has 3 rings (SSSR count). The van der Waals surface area contributed by atoms with Crippen molar-refractivity contribution >= 4 is 28.5 Å². The predicted octanol–water partition coefficient (Wildman–Crippen LogP) is 4.43. The molecule has 1 fully saturated rings. The highest BCUT2D eigenvalue weighted by atomic mass is 32.1. The molecule has 0 bridgehead atoms. The Labute approximate surface area is 115 Å². The Balaban J connectivity index is 1.85. The SMILES string of the molecule is CC(=O)c1ccc(-c2ccc([C]3[CH][CH][CH][CH]3)s2)s1. The lowest BCUT2D eigenvalue weighted by atomic mass is 10.1. The van der Waals surface area contributed by atoms with E-state index in [4.69, 9.17) is 0 Å². The molecular formula is C15H11OS2. The molecule has 1 nitrogen and oxygen atoms in total. The van der Waals surface area contributed by atoms with E-state index in [9.17, 15) is 4.79 Å². The average Bonchev–Trinajstić information content (AvgIpc) is 3.10. The summed E-state index contributed by atoms with van der Waals surface area (Å²) in [5.41, 5.74) is 0. The van der Waals surface area contributed by atoms with Crippen molar-refractivity contribution in [3.63, 3.8) is 0 Å². The summed E-state index contributed by atoms with van der Waals surface area (Å²) in [5, 5.41) is 0. The summed E-state index contributed by atoms with van der Waals surface area (Å²) >= 11 is 3.33. The topological polar surface area (TPSA) is 17.1 Å². The van der Waals surface area contributed by atoms with E-state index < -0.39 is 0 Å². The van der Waals surface area contributed by atoms with E-state index in [-0.39, 0.29) is 5.78 Å². The van der Waals surface area contributed by atoms with Crippen LogP contribution in [0.25, 0.3) is 9.75 Å². The molecule has 3 heteroatoms. The second-order valence-electron chi connectivity index (χ2n) is 4.06. The Hall–Kier alpha value is -0.930. The molecule has 0 atom stereocenters. The van der Waals surface area contributed by atoms with E-state index in [1.54, 1.807) is 29.6 Å². The van der Waals surface area contributed by atoms with Crippen LogP contribution in [-0.2, 0) is 0 Å². The largest absolute Gasteiger partial charge is 0.294 e. The number of thiophene rings is 2. The first-order valence-corrected chi connectivity index (χ1v) is 7.30. The first-order chi connectivity index (χ1) is 8.74. The summed E-state index contributed by atoms with van der Waals surface area (Å²) in [6.07, 6.45) is 8.33. The smallest absolute Gasteiger partial charge is 0.169 e. The van der Waals surface area contributed by atoms with Crippen LogP contribution < -0.4 is 0 Å². The molecular weight excluding hydrogens is 260 g/mol. The maximum atomic E-state index is 11.3. The fourth-order valence-corrected chi connectivity index (χ4v) is 3.83. The molecule has 89 valence electrons. The number of Topliss-reactive ketones (excluding diaryl/α,β-unsaturated/α-hetero) is 1. The summed E-state index contributed by atoms with van der Waals surface area (Å²) in [4.78, 5) is 15.8. The third kappa shape index (κ3) is 2.29. The molecule has 0 spiro atoms. The predicted molar refractivity (Wildman–Crippen MR) is 77.2 cm³/mol. The minimum atomic E-state index is 0.138. The van der Waals surface area contributed by atoms with Crippen LogP contribution in [0.3, 0.4) is 0 Å². The van der Waals surface area contributed by atoms with Gasteiger partial charge in [-0.2, -0.15) is 0 Å². The second kappa shape index (κ2) is 4.98. The second-order valence-corrected chi connectivity index (χ2v) is 6.23. The van der Waals surface area contributed by atoms with Gasteiger partial charge in [0.05, 0.1) is 4.88 Å². The highest BCUT2D eigenvalue weighted by Gasteiger charge is 2.21. The van der Waals surface area contributed by atoms with Crippen LogP contribution in [-0.4, -0.2) is 5.78 Å². The number of hydrogen-bond donors (Lipinski definition) is 0. The van der Waals surface area contributed by atoms with E-state index in [1.807, 2.05) is 25.0 Å². The van der Waals surface area contributed by atoms with Crippen LogP contribution in [0.2, 0.25) is 0 Å². The first kappa shape index (κ1) is 12.1. The molecule has 0 aromatic carbocycles. The molecule has 0 amide bonds. The Morgan fingerprint density at radius 2 is 1.50 bits per heavy atom. The molecule has 5 radical (unpaired) electrons. The fraction of sp³-hybridized carbons (Fsp3) is 0.0667. The van der Waals surface area contributed by atoms with Gasteiger partial charge < -0.3 is 0 Å². The number of carbonyl (C=O) groups excluding carboxylic acids is 1. The molecule has 0 aliphatic heterocycles. The highest BCUT2D eigenvalue weighted by molar-refractivity contribution is 7.23. The zero-order valence-corrected chi connectivity index (χ0v) is 11.5. The van der Waals surface area contributed by atoms with E-state index >= 15 is 0 Å². The molecule has 0 unspecified atom stereocenters. The number of carbonyl (C=O) groups is 1. The number of ketones is 1. The van der Waals surface area contributed by atoms with Crippen molar-refractivity contribution < 1.29 is 4.79 Å². The van der Waals surface area contributed by atoms with Gasteiger partial charge in [0.15, 0.2) is 5.78 Å². The van der Waals surface area contributed by atoms with Crippen LogP contribution >= 0.6 is 22.7 Å². The molecule has 1 aliphatic carbocycles. The third-order valence-electron chi connectivity index (χ3n) is 2.75. The lowest BCUT2D eigenvalue weighted by Crippen LogP contribution is -1.88. The summed E-state index contributed by atoms with van der Waals surface area (Å²) in [5.74, 6) is 1.40. The standard InChI is InChI=1S/C15H11OS2/c1-10(16)12-6-8-14(17-12)15-9-7-13(18-15)11-4-2-3-5-11/h2-9H,1H3. The molecule has 2 heterocycles. The zero-order chi connectivity index (χ0) is 12.5. The molecule has 1 saturated carbocycles. The summed E-state index contributed by atoms with van der Waals surface area (Å²) in [6.45, 7) is 1.61. The van der Waals surface area contributed by atoms with Gasteiger partial charge in [0, 0.05) is 20.5 Å². The molecule has 2 aromatic rings. The summed E-state index contributed by atoms with van der Waals surface area (Å²) in [7, 11) is 0. The molecule has 0 N–H and O–H groups in total. The lowest BCUT2D eigenvalue weighted by molar-refractivity contribution is 0.102. The van der Waals surface area contributed by atoms with Crippen molar-refractivity contribution in [2.45, 2.75) is 6.92 Å². The maximum absolute atomic E-state index is 11.3. The Kier molecular flexibility index (Phi) is 3.35. The van der Waals surface area contributed by atoms with Gasteiger partial charge in [-0.05, 0) is 56.9 Å². The first-order valence-electron chi connectivity index (χ1n) is 5.67. The Morgan fingerprint density at radius 3 is 2.17 bits per heavy atom. The molecule has 1 aliphatic rings. The average molecular weight is 271 g/mol. The Morgan fingerprint density at radius 1 is 0.889 bits per heavy atom. The van der Waals surface area contributed by atoms with E-state index in [0.29, 0.717) is 0 Å². The molecule has 18 heavy (non-hydrogen) atoms. The van der Waals surface area contributed by atoms with Crippen molar-refractivity contribution in [1.82, 2.24) is 0 Å². The third-order valence-corrected chi connectivity index (χ3v) is 5.27. The zero-order valence-electron chi connectivity index (χ0n) is 9.84. The van der Waals surface area contributed by atoms with Gasteiger partial charge in [-0.15, -0.1) is 22.7 Å². The number of rotatable bonds is 3. The van der Waals surface area contributed by atoms with Crippen LogP contribution in [0.4, 0.5) is 0 Å². The minimum absolute atomic E-state index is 0.138. The van der Waals surface area contributed by atoms with Gasteiger partial charge in [-0.1, -0.05) is 0 Å². The van der Waals surface area contributed by atoms with E-state index in [2.05, 4.69) is 25.0 Å². The highest BCUT2D eigenvalue weighted by Crippen LogP contribution is 2.39. The minimum Gasteiger partial charge on any atom is -0.294 e. The normalized spacial score (nSPS) is 16.3. The van der Waals surface area contributed by atoms with Crippen LogP contribution in [0.5, 0.6) is 0 Å². The van der Waals surface area contributed by atoms with E-state index in [0.717, 1.165) is 4.88 Å². The van der Waals surface area contributed by atoms with Gasteiger partial charge >= 0.3 is 0 Å². The van der Waals surface area contributed by atoms with Gasteiger partial charge in [-0.25, -0.2) is 0 Å². The molecule has 2 aromatic heterocycles. The Bertz CT molecular complexity index is 559.